The van der Waals surface area contributed by atoms with E-state index in [1.54, 1.807) is 0 Å². The molecule has 1 fully saturated rings. The van der Waals surface area contributed by atoms with Gasteiger partial charge in [-0.25, -0.2) is 8.42 Å². The van der Waals surface area contributed by atoms with Crippen molar-refractivity contribution >= 4 is 10.0 Å². The van der Waals surface area contributed by atoms with Crippen LogP contribution in [0.15, 0.2) is 0 Å². The first-order valence-electron chi connectivity index (χ1n) is 4.22. The summed E-state index contributed by atoms with van der Waals surface area (Å²) in [7, 11) is -3.01. The van der Waals surface area contributed by atoms with Crippen molar-refractivity contribution in [2.75, 3.05) is 25.6 Å². The maximum absolute atomic E-state index is 11.4. The first kappa shape index (κ1) is 9.95. The largest absolute Gasteiger partial charge is 0.364 e. The monoisotopic (exact) mass is 193 g/mol. The minimum Gasteiger partial charge on any atom is -0.364 e. The summed E-state index contributed by atoms with van der Waals surface area (Å²) in [5.41, 5.74) is 0. The van der Waals surface area contributed by atoms with Gasteiger partial charge in [-0.05, 0) is 6.42 Å². The first-order chi connectivity index (χ1) is 5.67. The molecule has 0 N–H and O–H groups in total. The van der Waals surface area contributed by atoms with Gasteiger partial charge in [-0.2, -0.15) is 4.31 Å². The fourth-order valence-electron chi connectivity index (χ4n) is 1.07. The summed E-state index contributed by atoms with van der Waals surface area (Å²) in [5.74, 6) is 0.257. The second-order valence-corrected chi connectivity index (χ2v) is 4.97. The van der Waals surface area contributed by atoms with Gasteiger partial charge < -0.3 is 4.74 Å². The molecule has 0 radical (unpaired) electrons. The van der Waals surface area contributed by atoms with E-state index in [0.717, 1.165) is 12.8 Å². The number of nitrogens with zero attached hydrogens (tertiary/aromatic N) is 1. The molecule has 0 bridgehead atoms. The van der Waals surface area contributed by atoms with Crippen LogP contribution in [0.25, 0.3) is 0 Å². The van der Waals surface area contributed by atoms with Gasteiger partial charge in [0.25, 0.3) is 0 Å². The molecule has 1 aliphatic heterocycles. The Balaban J connectivity index is 2.46. The summed E-state index contributed by atoms with van der Waals surface area (Å²) in [4.78, 5) is 0. The van der Waals surface area contributed by atoms with Gasteiger partial charge in [0.1, 0.15) is 6.73 Å². The standard InChI is InChI=1S/C7H15NO3S/c1-2-3-6-12(9,10)8-4-5-11-7-8/h2-7H2,1H3. The Kier molecular flexibility index (Phi) is 3.49. The molecule has 0 aromatic rings. The molecular formula is C7H15NO3S. The highest BCUT2D eigenvalue weighted by Crippen LogP contribution is 2.08. The zero-order chi connectivity index (χ0) is 9.03. The summed E-state index contributed by atoms with van der Waals surface area (Å²) in [6.07, 6.45) is 1.65. The van der Waals surface area contributed by atoms with E-state index in [1.807, 2.05) is 6.92 Å². The lowest BCUT2D eigenvalue weighted by atomic mass is 10.4. The third-order valence-corrected chi connectivity index (χ3v) is 3.75. The molecule has 0 aromatic heterocycles. The van der Waals surface area contributed by atoms with Crippen LogP contribution in [-0.2, 0) is 14.8 Å². The van der Waals surface area contributed by atoms with Gasteiger partial charge in [0.15, 0.2) is 0 Å². The average Bonchev–Trinajstić information content (AvgIpc) is 2.53. The number of ether oxygens (including phenoxy) is 1. The molecule has 0 saturated carbocycles. The lowest BCUT2D eigenvalue weighted by Gasteiger charge is -2.12. The molecule has 1 aliphatic rings. The highest BCUT2D eigenvalue weighted by molar-refractivity contribution is 7.89. The minimum absolute atomic E-state index is 0.242. The van der Waals surface area contributed by atoms with Crippen molar-refractivity contribution in [2.24, 2.45) is 0 Å². The van der Waals surface area contributed by atoms with Crippen molar-refractivity contribution < 1.29 is 13.2 Å². The van der Waals surface area contributed by atoms with Gasteiger partial charge in [-0.1, -0.05) is 13.3 Å². The molecule has 4 nitrogen and oxygen atoms in total. The molecule has 0 spiro atoms. The van der Waals surface area contributed by atoms with Crippen molar-refractivity contribution in [2.45, 2.75) is 19.8 Å². The third-order valence-electron chi connectivity index (χ3n) is 1.87. The molecule has 0 amide bonds. The van der Waals surface area contributed by atoms with Crippen LogP contribution in [0.5, 0.6) is 0 Å². The fraction of sp³-hybridized carbons (Fsp3) is 1.00. The van der Waals surface area contributed by atoms with Crippen molar-refractivity contribution in [1.29, 1.82) is 0 Å². The van der Waals surface area contributed by atoms with E-state index >= 15 is 0 Å². The minimum atomic E-state index is -3.01. The number of hydrogen-bond acceptors (Lipinski definition) is 3. The number of rotatable bonds is 4. The van der Waals surface area contributed by atoms with E-state index < -0.39 is 10.0 Å². The van der Waals surface area contributed by atoms with E-state index in [0.29, 0.717) is 13.2 Å². The second kappa shape index (κ2) is 4.20. The molecular weight excluding hydrogens is 178 g/mol. The van der Waals surface area contributed by atoms with E-state index in [9.17, 15) is 8.42 Å². The van der Waals surface area contributed by atoms with Crippen molar-refractivity contribution in [3.8, 4) is 0 Å². The Morgan fingerprint density at radius 2 is 2.25 bits per heavy atom. The lowest BCUT2D eigenvalue weighted by molar-refractivity contribution is 0.172. The predicted molar refractivity (Wildman–Crippen MR) is 46.2 cm³/mol. The Hall–Kier alpha value is -0.130. The average molecular weight is 193 g/mol. The van der Waals surface area contributed by atoms with Crippen LogP contribution in [-0.4, -0.2) is 38.4 Å². The Morgan fingerprint density at radius 1 is 1.50 bits per heavy atom. The second-order valence-electron chi connectivity index (χ2n) is 2.88. The van der Waals surface area contributed by atoms with Crippen LogP contribution in [0.3, 0.4) is 0 Å². The summed E-state index contributed by atoms with van der Waals surface area (Å²) in [6.45, 7) is 3.28. The van der Waals surface area contributed by atoms with E-state index in [2.05, 4.69) is 0 Å². The van der Waals surface area contributed by atoms with Crippen LogP contribution in [0, 0.1) is 0 Å². The normalized spacial score (nSPS) is 20.1. The quantitative estimate of drug-likeness (QED) is 0.649. The van der Waals surface area contributed by atoms with Crippen molar-refractivity contribution in [3.63, 3.8) is 0 Å². The summed E-state index contributed by atoms with van der Waals surface area (Å²) in [5, 5.41) is 0. The molecule has 0 aliphatic carbocycles. The molecule has 1 rings (SSSR count). The zero-order valence-corrected chi connectivity index (χ0v) is 8.14. The van der Waals surface area contributed by atoms with Gasteiger partial charge in [0.2, 0.25) is 10.0 Å². The molecule has 72 valence electrons. The molecule has 1 saturated heterocycles. The fourth-order valence-corrected chi connectivity index (χ4v) is 2.57. The van der Waals surface area contributed by atoms with Crippen LogP contribution in [0.4, 0.5) is 0 Å². The smallest absolute Gasteiger partial charge is 0.216 e. The third kappa shape index (κ3) is 2.43. The summed E-state index contributed by atoms with van der Waals surface area (Å²) < 4.78 is 29.3. The van der Waals surface area contributed by atoms with E-state index in [1.165, 1.54) is 4.31 Å². The van der Waals surface area contributed by atoms with E-state index in [-0.39, 0.29) is 12.5 Å². The van der Waals surface area contributed by atoms with Crippen LogP contribution >= 0.6 is 0 Å². The molecule has 0 aromatic carbocycles. The maximum Gasteiger partial charge on any atom is 0.216 e. The molecule has 5 heteroatoms. The van der Waals surface area contributed by atoms with Crippen LogP contribution in [0.1, 0.15) is 19.8 Å². The van der Waals surface area contributed by atoms with Gasteiger partial charge in [0.05, 0.1) is 12.4 Å². The maximum atomic E-state index is 11.4. The van der Waals surface area contributed by atoms with Crippen LogP contribution in [0.2, 0.25) is 0 Å². The van der Waals surface area contributed by atoms with Crippen molar-refractivity contribution in [1.82, 2.24) is 4.31 Å². The first-order valence-corrected chi connectivity index (χ1v) is 5.83. The van der Waals surface area contributed by atoms with Gasteiger partial charge in [-0.3, -0.25) is 0 Å². The highest BCUT2D eigenvalue weighted by Gasteiger charge is 2.24. The topological polar surface area (TPSA) is 46.6 Å². The Labute approximate surface area is 73.6 Å². The van der Waals surface area contributed by atoms with Gasteiger partial charge in [0, 0.05) is 6.54 Å². The zero-order valence-electron chi connectivity index (χ0n) is 7.32. The highest BCUT2D eigenvalue weighted by atomic mass is 32.2. The molecule has 0 unspecified atom stereocenters. The SMILES string of the molecule is CCCCS(=O)(=O)N1CCOC1. The molecule has 0 atom stereocenters. The number of unbranched alkanes of at least 4 members (excludes halogenated alkanes) is 1. The van der Waals surface area contributed by atoms with Crippen LogP contribution < -0.4 is 0 Å². The Bertz CT molecular complexity index is 219. The summed E-state index contributed by atoms with van der Waals surface area (Å²) >= 11 is 0. The van der Waals surface area contributed by atoms with E-state index in [4.69, 9.17) is 4.74 Å². The van der Waals surface area contributed by atoms with Gasteiger partial charge in [-0.15, -0.1) is 0 Å². The van der Waals surface area contributed by atoms with Gasteiger partial charge >= 0.3 is 0 Å². The summed E-state index contributed by atoms with van der Waals surface area (Å²) in [6, 6.07) is 0. The molecule has 1 heterocycles. The number of sulfonamides is 1. The lowest BCUT2D eigenvalue weighted by Crippen LogP contribution is -2.30. The predicted octanol–water partition coefficient (Wildman–Crippen LogP) is 0.406. The Morgan fingerprint density at radius 3 is 2.75 bits per heavy atom. The van der Waals surface area contributed by atoms with Crippen molar-refractivity contribution in [3.05, 3.63) is 0 Å². The number of hydrogen-bond donors (Lipinski definition) is 0. The molecule has 12 heavy (non-hydrogen) atoms.